The van der Waals surface area contributed by atoms with Gasteiger partial charge in [-0.25, -0.2) is 0 Å². The van der Waals surface area contributed by atoms with Crippen LogP contribution in [0.1, 0.15) is 103 Å². The summed E-state index contributed by atoms with van der Waals surface area (Å²) in [5, 5.41) is 4.06. The van der Waals surface area contributed by atoms with Crippen LogP contribution in [0.3, 0.4) is 0 Å². The van der Waals surface area contributed by atoms with Crippen molar-refractivity contribution >= 4 is 20.2 Å². The molecule has 4 aromatic rings. The van der Waals surface area contributed by atoms with Gasteiger partial charge in [-0.3, -0.25) is 0 Å². The van der Waals surface area contributed by atoms with Crippen molar-refractivity contribution in [2.24, 2.45) is 0 Å². The predicted molar refractivity (Wildman–Crippen MR) is 206 cm³/mol. The Morgan fingerprint density at radius 3 is 1.35 bits per heavy atom. The molecule has 2 saturated carbocycles. The molecular formula is C46H52HfSi. The SMILES string of the molecule is Cc1ccc(C)c(-c2cccc3c2C=C2[CH]3[Hf]([CH3])([CH3])[CH]3C(=Cc4c(-c5cc(C)ccc5C)cccc43)[Si]2(C2CCCC2)C2CCCC2)c1. The topological polar surface area (TPSA) is 0 Å². The Kier molecular flexibility index (Phi) is 7.52. The second kappa shape index (κ2) is 11.5. The molecule has 0 radical (unpaired) electrons. The second-order valence-electron chi connectivity index (χ2n) is 17.0. The van der Waals surface area contributed by atoms with E-state index in [2.05, 4.69) is 122 Å². The van der Waals surface area contributed by atoms with Crippen molar-refractivity contribution in [1.29, 1.82) is 0 Å². The molecule has 1 heterocycles. The Morgan fingerprint density at radius 2 is 0.938 bits per heavy atom. The Balaban J connectivity index is 1.35. The summed E-state index contributed by atoms with van der Waals surface area (Å²) in [7, 11) is -2.08. The molecule has 0 aromatic heterocycles. The molecule has 0 amide bonds. The fraction of sp³-hybridized carbons (Fsp3) is 0.391. The van der Waals surface area contributed by atoms with Crippen molar-refractivity contribution in [2.75, 3.05) is 0 Å². The molecule has 5 aliphatic rings. The number of hydrogen-bond acceptors (Lipinski definition) is 0. The van der Waals surface area contributed by atoms with Crippen LogP contribution in [0.2, 0.25) is 20.4 Å². The van der Waals surface area contributed by atoms with Gasteiger partial charge in [0.25, 0.3) is 0 Å². The molecule has 2 atom stereocenters. The summed E-state index contributed by atoms with van der Waals surface area (Å²) in [6.07, 6.45) is 17.5. The zero-order valence-corrected chi connectivity index (χ0v) is 34.6. The number of allylic oxidation sites excluding steroid dienone is 2. The van der Waals surface area contributed by atoms with Gasteiger partial charge >= 0.3 is 297 Å². The molecule has 0 bridgehead atoms. The third kappa shape index (κ3) is 4.40. The maximum atomic E-state index is 2.91. The Morgan fingerprint density at radius 1 is 0.521 bits per heavy atom. The van der Waals surface area contributed by atoms with Crippen LogP contribution in [0, 0.1) is 27.7 Å². The van der Waals surface area contributed by atoms with E-state index in [0.717, 1.165) is 11.1 Å². The second-order valence-corrected chi connectivity index (χ2v) is 38.7. The first kappa shape index (κ1) is 31.4. The molecule has 4 aliphatic carbocycles. The van der Waals surface area contributed by atoms with Gasteiger partial charge in [0, 0.05) is 0 Å². The molecule has 48 heavy (non-hydrogen) atoms. The molecule has 2 unspecified atom stereocenters. The number of rotatable bonds is 4. The van der Waals surface area contributed by atoms with Gasteiger partial charge in [-0.15, -0.1) is 0 Å². The normalized spacial score (nSPS) is 23.8. The van der Waals surface area contributed by atoms with Crippen molar-refractivity contribution in [3.05, 3.63) is 128 Å². The van der Waals surface area contributed by atoms with Crippen LogP contribution in [0.5, 0.6) is 0 Å². The Hall–Kier alpha value is -2.55. The van der Waals surface area contributed by atoms with Crippen LogP contribution in [-0.4, -0.2) is 8.07 Å². The van der Waals surface area contributed by atoms with Gasteiger partial charge in [-0.1, -0.05) is 0 Å². The van der Waals surface area contributed by atoms with Gasteiger partial charge in [0.1, 0.15) is 0 Å². The first-order valence-electron chi connectivity index (χ1n) is 19.1. The summed E-state index contributed by atoms with van der Waals surface area (Å²) >= 11 is -3.16. The monoisotopic (exact) mass is 812 g/mol. The van der Waals surface area contributed by atoms with Gasteiger partial charge in [-0.05, 0) is 0 Å². The van der Waals surface area contributed by atoms with E-state index in [1.54, 1.807) is 22.3 Å². The van der Waals surface area contributed by atoms with Crippen LogP contribution in [-0.2, 0) is 20.0 Å². The standard InChI is InChI=1S/C44H46Si.2CH3.Hf/c1-29-19-21-31(3)41(23-29)39-17-9-11-33-25-37(27-43(33)39)45(35-13-5-6-14-35,36-15-7-8-16-36)38-26-34-12-10-18-40(44(34)28-38)42-24-30(2)20-22-32(42)4;;;/h9-12,17-28,35-36H,5-8,13-16H2,1-4H3;2*1H3;. The van der Waals surface area contributed by atoms with E-state index in [9.17, 15) is 0 Å². The fourth-order valence-corrected chi connectivity index (χ4v) is 45.9. The average molecular weight is 811 g/mol. The molecule has 1 saturated heterocycles. The van der Waals surface area contributed by atoms with E-state index < -0.39 is 28.0 Å². The first-order valence-corrected chi connectivity index (χ1v) is 32.5. The van der Waals surface area contributed by atoms with Gasteiger partial charge in [0.15, 0.2) is 0 Å². The maximum absolute atomic E-state index is 3.16. The first-order chi connectivity index (χ1) is 23.2. The number of aryl methyl sites for hydroxylation is 4. The van der Waals surface area contributed by atoms with Gasteiger partial charge in [0.05, 0.1) is 0 Å². The molecule has 2 heteroatoms. The van der Waals surface area contributed by atoms with Crippen molar-refractivity contribution in [1.82, 2.24) is 0 Å². The molecule has 9 rings (SSSR count). The Bertz CT molecular complexity index is 1880. The average Bonchev–Trinajstić information content (AvgIpc) is 3.90. The van der Waals surface area contributed by atoms with Crippen LogP contribution < -0.4 is 0 Å². The van der Waals surface area contributed by atoms with E-state index in [1.165, 1.54) is 95.9 Å². The molecule has 0 nitrogen and oxygen atoms in total. The van der Waals surface area contributed by atoms with Crippen LogP contribution in [0.15, 0.2) is 83.2 Å². The third-order valence-corrected chi connectivity index (χ3v) is 37.7. The summed E-state index contributed by atoms with van der Waals surface area (Å²) in [4.78, 5) is 0. The quantitative estimate of drug-likeness (QED) is 0.180. The molecule has 244 valence electrons. The van der Waals surface area contributed by atoms with E-state index in [0.29, 0.717) is 7.35 Å². The van der Waals surface area contributed by atoms with Gasteiger partial charge in [-0.2, -0.15) is 0 Å². The molecule has 3 fully saturated rings. The molecule has 4 aromatic carbocycles. The zero-order valence-electron chi connectivity index (χ0n) is 30.0. The van der Waals surface area contributed by atoms with Gasteiger partial charge < -0.3 is 0 Å². The summed E-state index contributed by atoms with van der Waals surface area (Å²) < 4.78 is 7.18. The number of hydrogen-bond donors (Lipinski definition) is 0. The molecular weight excluding hydrogens is 759 g/mol. The summed E-state index contributed by atoms with van der Waals surface area (Å²) in [6, 6.07) is 29.2. The van der Waals surface area contributed by atoms with Gasteiger partial charge in [0.2, 0.25) is 0 Å². The van der Waals surface area contributed by atoms with Crippen LogP contribution in [0.25, 0.3) is 34.4 Å². The molecule has 0 N–H and O–H groups in total. The fourth-order valence-electron chi connectivity index (χ4n) is 12.0. The zero-order chi connectivity index (χ0) is 32.9. The van der Waals surface area contributed by atoms with E-state index in [4.69, 9.17) is 0 Å². The minimum atomic E-state index is -3.16. The van der Waals surface area contributed by atoms with Crippen LogP contribution >= 0.6 is 0 Å². The summed E-state index contributed by atoms with van der Waals surface area (Å²) in [5.74, 6) is 0. The molecule has 1 aliphatic heterocycles. The van der Waals surface area contributed by atoms with Crippen molar-refractivity contribution in [2.45, 2.75) is 107 Å². The minimum absolute atomic E-state index is 0.711. The third-order valence-electron chi connectivity index (χ3n) is 13.9. The summed E-state index contributed by atoms with van der Waals surface area (Å²) in [6.45, 7) is 9.17. The summed E-state index contributed by atoms with van der Waals surface area (Å²) in [5.41, 5.74) is 19.9. The van der Waals surface area contributed by atoms with Crippen LogP contribution in [0.4, 0.5) is 0 Å². The van der Waals surface area contributed by atoms with E-state index in [-0.39, 0.29) is 0 Å². The number of fused-ring (bicyclic) bond motifs is 6. The number of benzene rings is 4. The predicted octanol–water partition coefficient (Wildman–Crippen LogP) is 13.5. The molecule has 0 spiro atoms. The van der Waals surface area contributed by atoms with Crippen molar-refractivity contribution in [3.8, 4) is 22.3 Å². The van der Waals surface area contributed by atoms with E-state index >= 15 is 0 Å². The van der Waals surface area contributed by atoms with Crippen molar-refractivity contribution in [3.63, 3.8) is 0 Å². The van der Waals surface area contributed by atoms with Crippen molar-refractivity contribution < 1.29 is 20.0 Å². The Labute approximate surface area is 295 Å². The van der Waals surface area contributed by atoms with E-state index in [1.807, 2.05) is 10.4 Å².